The van der Waals surface area contributed by atoms with Gasteiger partial charge in [-0.3, -0.25) is 10.1 Å². The fourth-order valence-electron chi connectivity index (χ4n) is 1.51. The fourth-order valence-corrected chi connectivity index (χ4v) is 1.73. The molecule has 0 aliphatic carbocycles. The number of H-pyrrole nitrogens is 1. The Hall–Kier alpha value is -1.95. The zero-order valence-electron chi connectivity index (χ0n) is 8.81. The van der Waals surface area contributed by atoms with E-state index in [1.807, 2.05) is 0 Å². The zero-order chi connectivity index (χ0) is 12.6. The van der Waals surface area contributed by atoms with Crippen LogP contribution in [-0.4, -0.2) is 21.2 Å². The van der Waals surface area contributed by atoms with Gasteiger partial charge < -0.3 is 9.78 Å². The number of nitrogens with zero attached hydrogens (tertiary/aromatic N) is 2. The lowest BCUT2D eigenvalue weighted by Crippen LogP contribution is -1.96. The quantitative estimate of drug-likeness (QED) is 0.517. The number of aromatic amines is 1. The highest BCUT2D eigenvalue weighted by Gasteiger charge is 2.21. The Morgan fingerprint density at radius 2 is 2.29 bits per heavy atom. The van der Waals surface area contributed by atoms with Crippen molar-refractivity contribution < 1.29 is 9.72 Å². The number of nitro groups is 1. The molecule has 0 aliphatic rings. The number of benzene rings is 1. The molecule has 1 aromatic heterocycles. The number of hydrogen-bond donors (Lipinski definition) is 1. The number of halogens is 1. The summed E-state index contributed by atoms with van der Waals surface area (Å²) in [6.07, 6.45) is 0.713. The topological polar surface area (TPSA) is 88.9 Å². The summed E-state index contributed by atoms with van der Waals surface area (Å²) in [6.45, 7) is 1.65. The monoisotopic (exact) mass is 253 g/mol. The molecule has 0 radical (unpaired) electrons. The van der Waals surface area contributed by atoms with Crippen LogP contribution in [0, 0.1) is 10.1 Å². The average Bonchev–Trinajstić information content (AvgIpc) is 2.70. The van der Waals surface area contributed by atoms with E-state index in [9.17, 15) is 14.9 Å². The highest BCUT2D eigenvalue weighted by Crippen LogP contribution is 2.32. The van der Waals surface area contributed by atoms with Crippen molar-refractivity contribution in [3.8, 4) is 0 Å². The molecule has 0 amide bonds. The molecule has 88 valence electrons. The molecule has 1 atom stereocenters. The van der Waals surface area contributed by atoms with Gasteiger partial charge in [0.25, 0.3) is 0 Å². The highest BCUT2D eigenvalue weighted by molar-refractivity contribution is 6.33. The minimum absolute atomic E-state index is 0.0271. The number of aldehydes is 1. The van der Waals surface area contributed by atoms with Gasteiger partial charge >= 0.3 is 5.69 Å². The molecule has 1 unspecified atom stereocenters. The van der Waals surface area contributed by atoms with Gasteiger partial charge in [-0.1, -0.05) is 11.6 Å². The molecular formula is C10H8ClN3O3. The first kappa shape index (κ1) is 11.5. The van der Waals surface area contributed by atoms with Crippen LogP contribution in [0.2, 0.25) is 5.02 Å². The first-order valence-electron chi connectivity index (χ1n) is 4.82. The minimum atomic E-state index is -0.582. The molecule has 0 fully saturated rings. The van der Waals surface area contributed by atoms with Gasteiger partial charge in [-0.2, -0.15) is 0 Å². The lowest BCUT2D eigenvalue weighted by Gasteiger charge is -1.95. The molecule has 0 aliphatic heterocycles. The van der Waals surface area contributed by atoms with Gasteiger partial charge in [-0.05, 0) is 19.1 Å². The Bertz CT molecular complexity index is 608. The number of nitrogens with one attached hydrogen (secondary N) is 1. The van der Waals surface area contributed by atoms with Crippen LogP contribution in [0.3, 0.4) is 0 Å². The normalized spacial score (nSPS) is 12.6. The molecule has 2 aromatic rings. The van der Waals surface area contributed by atoms with Gasteiger partial charge in [0.05, 0.1) is 16.4 Å². The third-order valence-corrected chi connectivity index (χ3v) is 2.72. The standard InChI is InChI=1S/C10H8ClN3O3/c1-5(4-15)10-12-7-3-2-6(11)9(14(16)17)8(7)13-10/h2-5H,1H3,(H,12,13). The molecule has 1 heterocycles. The summed E-state index contributed by atoms with van der Waals surface area (Å²) in [5.74, 6) is -0.0545. The second-order valence-electron chi connectivity index (χ2n) is 3.60. The first-order chi connectivity index (χ1) is 8.04. The molecule has 0 bridgehead atoms. The second-order valence-corrected chi connectivity index (χ2v) is 4.00. The lowest BCUT2D eigenvalue weighted by molar-refractivity contribution is -0.383. The van der Waals surface area contributed by atoms with Crippen LogP contribution in [0.15, 0.2) is 12.1 Å². The van der Waals surface area contributed by atoms with E-state index < -0.39 is 10.8 Å². The number of aromatic nitrogens is 2. The van der Waals surface area contributed by atoms with Gasteiger partial charge in [-0.15, -0.1) is 0 Å². The molecule has 6 nitrogen and oxygen atoms in total. The predicted molar refractivity (Wildman–Crippen MR) is 62.2 cm³/mol. The van der Waals surface area contributed by atoms with Crippen LogP contribution in [0.25, 0.3) is 11.0 Å². The zero-order valence-corrected chi connectivity index (χ0v) is 9.56. The van der Waals surface area contributed by atoms with E-state index in [0.717, 1.165) is 0 Å². The summed E-state index contributed by atoms with van der Waals surface area (Å²) in [4.78, 5) is 27.9. The Morgan fingerprint density at radius 1 is 1.59 bits per heavy atom. The Morgan fingerprint density at radius 3 is 2.88 bits per heavy atom. The number of hydrogen-bond acceptors (Lipinski definition) is 4. The van der Waals surface area contributed by atoms with E-state index in [0.29, 0.717) is 17.6 Å². The first-order valence-corrected chi connectivity index (χ1v) is 5.20. The van der Waals surface area contributed by atoms with Crippen molar-refractivity contribution >= 4 is 34.6 Å². The number of fused-ring (bicyclic) bond motifs is 1. The molecule has 1 aromatic carbocycles. The van der Waals surface area contributed by atoms with E-state index in [-0.39, 0.29) is 16.2 Å². The number of imidazole rings is 1. The van der Waals surface area contributed by atoms with Crippen molar-refractivity contribution in [3.05, 3.63) is 33.1 Å². The minimum Gasteiger partial charge on any atom is -0.341 e. The smallest absolute Gasteiger partial charge is 0.315 e. The number of carbonyl (C=O) groups excluding carboxylic acids is 1. The van der Waals surface area contributed by atoms with Crippen molar-refractivity contribution in [2.24, 2.45) is 0 Å². The van der Waals surface area contributed by atoms with E-state index in [4.69, 9.17) is 11.6 Å². The van der Waals surface area contributed by atoms with Crippen LogP contribution < -0.4 is 0 Å². The number of nitro benzene ring substituents is 1. The van der Waals surface area contributed by atoms with E-state index >= 15 is 0 Å². The van der Waals surface area contributed by atoms with Gasteiger partial charge in [0.1, 0.15) is 17.1 Å². The van der Waals surface area contributed by atoms with Crippen LogP contribution in [0.5, 0.6) is 0 Å². The molecule has 17 heavy (non-hydrogen) atoms. The molecule has 0 spiro atoms. The van der Waals surface area contributed by atoms with E-state index in [1.54, 1.807) is 13.0 Å². The van der Waals surface area contributed by atoms with Gasteiger partial charge in [0.15, 0.2) is 5.52 Å². The SMILES string of the molecule is CC(C=O)c1nc2c([N+](=O)[O-])c(Cl)ccc2[nH]1. The van der Waals surface area contributed by atoms with E-state index in [1.165, 1.54) is 6.07 Å². The average molecular weight is 254 g/mol. The molecule has 7 heteroatoms. The fraction of sp³-hybridized carbons (Fsp3) is 0.200. The Balaban J connectivity index is 2.72. The second kappa shape index (κ2) is 4.14. The molecule has 0 saturated heterocycles. The summed E-state index contributed by atoms with van der Waals surface area (Å²) in [5.41, 5.74) is 0.417. The lowest BCUT2D eigenvalue weighted by atomic mass is 10.2. The Labute approximate surface area is 101 Å². The van der Waals surface area contributed by atoms with Crippen molar-refractivity contribution in [2.45, 2.75) is 12.8 Å². The van der Waals surface area contributed by atoms with Crippen LogP contribution in [0.1, 0.15) is 18.7 Å². The van der Waals surface area contributed by atoms with Crippen molar-refractivity contribution in [3.63, 3.8) is 0 Å². The molecule has 0 saturated carbocycles. The Kier molecular flexibility index (Phi) is 2.81. The maximum atomic E-state index is 10.9. The maximum Gasteiger partial charge on any atom is 0.315 e. The van der Waals surface area contributed by atoms with Crippen LogP contribution in [0.4, 0.5) is 5.69 Å². The number of carbonyl (C=O) groups is 1. The molecule has 2 rings (SSSR count). The van der Waals surface area contributed by atoms with Gasteiger partial charge in [0, 0.05) is 0 Å². The third kappa shape index (κ3) is 1.87. The largest absolute Gasteiger partial charge is 0.341 e. The summed E-state index contributed by atoms with van der Waals surface area (Å²) in [6, 6.07) is 3.02. The summed E-state index contributed by atoms with van der Waals surface area (Å²) in [7, 11) is 0. The highest BCUT2D eigenvalue weighted by atomic mass is 35.5. The predicted octanol–water partition coefficient (Wildman–Crippen LogP) is 2.43. The van der Waals surface area contributed by atoms with Crippen molar-refractivity contribution in [2.75, 3.05) is 0 Å². The summed E-state index contributed by atoms with van der Waals surface area (Å²) in [5, 5.41) is 10.9. The van der Waals surface area contributed by atoms with Gasteiger partial charge in [0.2, 0.25) is 0 Å². The van der Waals surface area contributed by atoms with Gasteiger partial charge in [-0.25, -0.2) is 4.98 Å². The maximum absolute atomic E-state index is 10.9. The van der Waals surface area contributed by atoms with Crippen LogP contribution >= 0.6 is 11.6 Å². The van der Waals surface area contributed by atoms with Crippen molar-refractivity contribution in [1.29, 1.82) is 0 Å². The third-order valence-electron chi connectivity index (χ3n) is 2.41. The molecule has 1 N–H and O–H groups in total. The number of rotatable bonds is 3. The summed E-state index contributed by atoms with van der Waals surface area (Å²) >= 11 is 5.76. The molecular weight excluding hydrogens is 246 g/mol. The van der Waals surface area contributed by atoms with Crippen molar-refractivity contribution in [1.82, 2.24) is 9.97 Å². The van der Waals surface area contributed by atoms with E-state index in [2.05, 4.69) is 9.97 Å². The van der Waals surface area contributed by atoms with Crippen LogP contribution in [-0.2, 0) is 4.79 Å². The summed E-state index contributed by atoms with van der Waals surface area (Å²) < 4.78 is 0.